The third kappa shape index (κ3) is 5.30. The fourth-order valence-electron chi connectivity index (χ4n) is 3.94. The van der Waals surface area contributed by atoms with Gasteiger partial charge in [0.1, 0.15) is 23.8 Å². The lowest BCUT2D eigenvalue weighted by Gasteiger charge is -2.38. The lowest BCUT2D eigenvalue weighted by Crippen LogP contribution is -2.58. The van der Waals surface area contributed by atoms with Crippen molar-refractivity contribution in [2.75, 3.05) is 18.8 Å². The van der Waals surface area contributed by atoms with Gasteiger partial charge in [0.25, 0.3) is 0 Å². The molecule has 1 heterocycles. The van der Waals surface area contributed by atoms with Crippen molar-refractivity contribution in [1.82, 2.24) is 3.89 Å². The molecule has 0 radical (unpaired) electrons. The first-order valence-electron chi connectivity index (χ1n) is 11.0. The number of nitrogens with two attached hydrogens (primary N) is 1. The zero-order valence-corrected chi connectivity index (χ0v) is 19.9. The van der Waals surface area contributed by atoms with E-state index in [1.165, 1.54) is 30.3 Å². The van der Waals surface area contributed by atoms with Crippen molar-refractivity contribution in [3.63, 3.8) is 0 Å². The standard InChI is InChI=1S/C26H24F3N2O4S/c27-26(28,29)19-36(32,33)31(21-13-15-24(16-14-21)34-22-9-3-1-4-10-22)17-7-8-20(18-30)25(31)35-23-11-5-2-6-12-23/h1-16H,17-19,30H2/q+1. The SMILES string of the molecule is NCC1=C(Oc2ccccc2)[N+](c2ccc(Oc3ccccc3)cc2)(S(=O)(=O)CC(F)(F)F)CC=C1. The molecule has 1 aliphatic rings. The molecule has 0 fully saturated rings. The number of rotatable bonds is 8. The monoisotopic (exact) mass is 517 g/mol. The Balaban J connectivity index is 1.86. The van der Waals surface area contributed by atoms with Gasteiger partial charge in [-0.2, -0.15) is 21.6 Å². The average Bonchev–Trinajstić information content (AvgIpc) is 2.84. The zero-order chi connectivity index (χ0) is 25.8. The molecule has 1 aliphatic heterocycles. The van der Waals surface area contributed by atoms with Gasteiger partial charge in [-0.05, 0) is 48.6 Å². The van der Waals surface area contributed by atoms with Crippen molar-refractivity contribution < 1.29 is 31.1 Å². The van der Waals surface area contributed by atoms with Crippen LogP contribution in [0.15, 0.2) is 109 Å². The minimum absolute atomic E-state index is 0.0564. The van der Waals surface area contributed by atoms with Gasteiger partial charge in [0.05, 0.1) is 5.57 Å². The fourth-order valence-corrected chi connectivity index (χ4v) is 5.74. The highest BCUT2D eigenvalue weighted by molar-refractivity contribution is 7.91. The van der Waals surface area contributed by atoms with Gasteiger partial charge in [-0.15, -0.1) is 3.89 Å². The van der Waals surface area contributed by atoms with Crippen LogP contribution >= 0.6 is 0 Å². The molecule has 0 amide bonds. The summed E-state index contributed by atoms with van der Waals surface area (Å²) in [6, 6.07) is 23.0. The minimum Gasteiger partial charge on any atom is -0.457 e. The lowest BCUT2D eigenvalue weighted by molar-refractivity contribution is -0.106. The number of hydrogen-bond donors (Lipinski definition) is 1. The number of halogens is 3. The van der Waals surface area contributed by atoms with Crippen molar-refractivity contribution in [3.05, 3.63) is 109 Å². The third-order valence-corrected chi connectivity index (χ3v) is 7.68. The summed E-state index contributed by atoms with van der Waals surface area (Å²) in [4.78, 5) is 0. The van der Waals surface area contributed by atoms with E-state index >= 15 is 0 Å². The molecule has 10 heteroatoms. The maximum atomic E-state index is 13.6. The van der Waals surface area contributed by atoms with Gasteiger partial charge < -0.3 is 15.2 Å². The van der Waals surface area contributed by atoms with Crippen LogP contribution in [-0.2, 0) is 10.0 Å². The highest BCUT2D eigenvalue weighted by atomic mass is 32.2. The summed E-state index contributed by atoms with van der Waals surface area (Å²) in [5.74, 6) is -1.04. The van der Waals surface area contributed by atoms with Crippen molar-refractivity contribution in [3.8, 4) is 17.2 Å². The molecule has 2 N–H and O–H groups in total. The van der Waals surface area contributed by atoms with Crippen LogP contribution in [0.3, 0.4) is 0 Å². The summed E-state index contributed by atoms with van der Waals surface area (Å²) in [6.45, 7) is -0.460. The Morgan fingerprint density at radius 1 is 0.806 bits per heavy atom. The van der Waals surface area contributed by atoms with Crippen molar-refractivity contribution in [2.24, 2.45) is 5.73 Å². The average molecular weight is 518 g/mol. The first-order chi connectivity index (χ1) is 17.1. The summed E-state index contributed by atoms with van der Waals surface area (Å²) >= 11 is 0. The van der Waals surface area contributed by atoms with Gasteiger partial charge in [-0.1, -0.05) is 36.4 Å². The number of para-hydroxylation sites is 2. The normalized spacial score (nSPS) is 18.2. The molecular formula is C26H24F3N2O4S+. The Hall–Kier alpha value is -3.60. The largest absolute Gasteiger partial charge is 0.457 e. The van der Waals surface area contributed by atoms with Crippen LogP contribution in [0.2, 0.25) is 0 Å². The number of alkyl halides is 3. The second-order valence-electron chi connectivity index (χ2n) is 8.02. The van der Waals surface area contributed by atoms with Crippen LogP contribution in [0.25, 0.3) is 0 Å². The summed E-state index contributed by atoms with van der Waals surface area (Å²) in [5, 5.41) is 0. The second-order valence-corrected chi connectivity index (χ2v) is 10.1. The Labute approximate surface area is 207 Å². The van der Waals surface area contributed by atoms with E-state index in [2.05, 4.69) is 0 Å². The van der Waals surface area contributed by atoms with E-state index in [-0.39, 0.29) is 36.0 Å². The number of sulfonamides is 1. The number of ether oxygens (including phenoxy) is 2. The van der Waals surface area contributed by atoms with E-state index in [1.54, 1.807) is 60.7 Å². The van der Waals surface area contributed by atoms with E-state index in [9.17, 15) is 21.6 Å². The molecule has 36 heavy (non-hydrogen) atoms. The van der Waals surface area contributed by atoms with Crippen molar-refractivity contribution in [1.29, 1.82) is 0 Å². The highest BCUT2D eigenvalue weighted by Crippen LogP contribution is 2.41. The molecule has 4 rings (SSSR count). The minimum atomic E-state index is -4.97. The van der Waals surface area contributed by atoms with Crippen LogP contribution in [-0.4, -0.2) is 33.4 Å². The molecule has 188 valence electrons. The van der Waals surface area contributed by atoms with Gasteiger partial charge in [0.2, 0.25) is 0 Å². The van der Waals surface area contributed by atoms with E-state index in [0.717, 1.165) is 0 Å². The summed E-state index contributed by atoms with van der Waals surface area (Å²) in [5.41, 5.74) is 6.21. The van der Waals surface area contributed by atoms with Gasteiger partial charge in [0.15, 0.2) is 11.4 Å². The topological polar surface area (TPSA) is 78.6 Å². The third-order valence-electron chi connectivity index (χ3n) is 5.52. The molecule has 3 aromatic carbocycles. The predicted molar refractivity (Wildman–Crippen MR) is 132 cm³/mol. The first kappa shape index (κ1) is 25.5. The second kappa shape index (κ2) is 10.2. The smallest absolute Gasteiger partial charge is 0.408 e. The molecule has 0 saturated heterocycles. The van der Waals surface area contributed by atoms with Gasteiger partial charge >= 0.3 is 22.1 Å². The molecule has 1 atom stereocenters. The van der Waals surface area contributed by atoms with Crippen LogP contribution in [0.1, 0.15) is 0 Å². The Morgan fingerprint density at radius 2 is 1.33 bits per heavy atom. The molecule has 6 nitrogen and oxygen atoms in total. The lowest BCUT2D eigenvalue weighted by atomic mass is 10.1. The highest BCUT2D eigenvalue weighted by Gasteiger charge is 2.55. The Kier molecular flexibility index (Phi) is 7.21. The zero-order valence-electron chi connectivity index (χ0n) is 19.1. The van der Waals surface area contributed by atoms with E-state index < -0.39 is 25.8 Å². The molecule has 3 aromatic rings. The number of nitrogens with zero attached hydrogens (tertiary/aromatic N) is 1. The summed E-state index contributed by atoms with van der Waals surface area (Å²) < 4.78 is 78.3. The molecule has 0 saturated carbocycles. The molecule has 0 bridgehead atoms. The summed E-state index contributed by atoms with van der Waals surface area (Å²) in [7, 11) is -4.96. The maximum Gasteiger partial charge on any atom is 0.408 e. The molecule has 0 spiro atoms. The van der Waals surface area contributed by atoms with Crippen LogP contribution < -0.4 is 19.1 Å². The Morgan fingerprint density at radius 3 is 1.86 bits per heavy atom. The molecule has 0 aliphatic carbocycles. The molecule has 1 unspecified atom stereocenters. The van der Waals surface area contributed by atoms with Crippen molar-refractivity contribution in [2.45, 2.75) is 6.18 Å². The predicted octanol–water partition coefficient (Wildman–Crippen LogP) is 5.50. The van der Waals surface area contributed by atoms with E-state index in [4.69, 9.17) is 15.2 Å². The number of quaternary nitrogens is 1. The molecular weight excluding hydrogens is 493 g/mol. The summed E-state index contributed by atoms with van der Waals surface area (Å²) in [6.07, 6.45) is -1.91. The van der Waals surface area contributed by atoms with Gasteiger partial charge in [0, 0.05) is 18.7 Å². The number of benzene rings is 3. The van der Waals surface area contributed by atoms with E-state index in [1.807, 2.05) is 6.07 Å². The van der Waals surface area contributed by atoms with Crippen LogP contribution in [0.5, 0.6) is 17.2 Å². The van der Waals surface area contributed by atoms with Crippen LogP contribution in [0, 0.1) is 0 Å². The fraction of sp³-hybridized carbons (Fsp3) is 0.154. The van der Waals surface area contributed by atoms with Gasteiger partial charge in [-0.3, -0.25) is 0 Å². The number of hydrogen-bond acceptors (Lipinski definition) is 5. The van der Waals surface area contributed by atoms with Crippen LogP contribution in [0.4, 0.5) is 18.9 Å². The Bertz CT molecular complexity index is 1360. The first-order valence-corrected chi connectivity index (χ1v) is 12.6. The van der Waals surface area contributed by atoms with Gasteiger partial charge in [-0.25, -0.2) is 0 Å². The van der Waals surface area contributed by atoms with E-state index in [0.29, 0.717) is 11.5 Å². The molecule has 0 aromatic heterocycles. The quantitative estimate of drug-likeness (QED) is 0.400. The maximum absolute atomic E-state index is 13.6. The van der Waals surface area contributed by atoms with Crippen molar-refractivity contribution >= 4 is 15.7 Å².